The summed E-state index contributed by atoms with van der Waals surface area (Å²) >= 11 is 0. The molecule has 0 aliphatic carbocycles. The van der Waals surface area contributed by atoms with E-state index in [0.717, 1.165) is 17.7 Å². The van der Waals surface area contributed by atoms with Gasteiger partial charge in [0.15, 0.2) is 0 Å². The fraction of sp³-hybridized carbons (Fsp3) is 0.188. The average molecular weight is 324 g/mol. The Balaban J connectivity index is 1.98. The Bertz CT molecular complexity index is 702. The molecule has 4 nitrogen and oxygen atoms in total. The lowest BCUT2D eigenvalue weighted by atomic mass is 10.1. The summed E-state index contributed by atoms with van der Waals surface area (Å²) in [6.45, 7) is 1.30. The normalized spacial score (nSPS) is 11.9. The topological polar surface area (TPSA) is 61.4 Å². The van der Waals surface area contributed by atoms with Gasteiger partial charge in [-0.2, -0.15) is 0 Å². The van der Waals surface area contributed by atoms with Crippen LogP contribution in [0.5, 0.6) is 0 Å². The van der Waals surface area contributed by atoms with Crippen molar-refractivity contribution in [2.75, 3.05) is 11.9 Å². The maximum atomic E-state index is 13.5. The SMILES string of the molecule is Cc1ccc(F)c(NC(=O)NCC(O)c2c(F)cccc2F)c1. The third kappa shape index (κ3) is 4.23. The van der Waals surface area contributed by atoms with Crippen LogP contribution in [0, 0.1) is 24.4 Å². The van der Waals surface area contributed by atoms with Crippen LogP contribution in [0.1, 0.15) is 17.2 Å². The summed E-state index contributed by atoms with van der Waals surface area (Å²) in [5.41, 5.74) is 0.179. The van der Waals surface area contributed by atoms with E-state index in [9.17, 15) is 23.1 Å². The Morgan fingerprint density at radius 3 is 2.43 bits per heavy atom. The molecule has 7 heteroatoms. The second-order valence-corrected chi connectivity index (χ2v) is 4.97. The molecule has 1 unspecified atom stereocenters. The summed E-state index contributed by atoms with van der Waals surface area (Å²) in [5.74, 6) is -2.44. The second-order valence-electron chi connectivity index (χ2n) is 4.97. The van der Waals surface area contributed by atoms with Gasteiger partial charge < -0.3 is 15.7 Å². The van der Waals surface area contributed by atoms with Gasteiger partial charge in [-0.3, -0.25) is 0 Å². The van der Waals surface area contributed by atoms with Crippen LogP contribution in [0.3, 0.4) is 0 Å². The summed E-state index contributed by atoms with van der Waals surface area (Å²) < 4.78 is 40.5. The number of aliphatic hydroxyl groups excluding tert-OH is 1. The molecule has 3 N–H and O–H groups in total. The number of urea groups is 1. The van der Waals surface area contributed by atoms with Gasteiger partial charge in [-0.1, -0.05) is 12.1 Å². The molecule has 0 saturated carbocycles. The van der Waals surface area contributed by atoms with E-state index in [2.05, 4.69) is 10.6 Å². The van der Waals surface area contributed by atoms with Gasteiger partial charge in [0.2, 0.25) is 0 Å². The lowest BCUT2D eigenvalue weighted by Crippen LogP contribution is -2.33. The van der Waals surface area contributed by atoms with Gasteiger partial charge in [0.05, 0.1) is 11.3 Å². The van der Waals surface area contributed by atoms with Crippen molar-refractivity contribution in [2.45, 2.75) is 13.0 Å². The molecule has 0 spiro atoms. The molecular formula is C16H15F3N2O2. The number of aliphatic hydroxyl groups is 1. The van der Waals surface area contributed by atoms with E-state index in [0.29, 0.717) is 0 Å². The van der Waals surface area contributed by atoms with Gasteiger partial charge in [0, 0.05) is 6.54 Å². The summed E-state index contributed by atoms with van der Waals surface area (Å²) in [6, 6.07) is 6.56. The van der Waals surface area contributed by atoms with E-state index < -0.39 is 41.7 Å². The maximum absolute atomic E-state index is 13.5. The highest BCUT2D eigenvalue weighted by Gasteiger charge is 2.18. The maximum Gasteiger partial charge on any atom is 0.319 e. The quantitative estimate of drug-likeness (QED) is 0.808. The van der Waals surface area contributed by atoms with Gasteiger partial charge in [0.25, 0.3) is 0 Å². The molecule has 0 bridgehead atoms. The van der Waals surface area contributed by atoms with Crippen LogP contribution < -0.4 is 10.6 Å². The van der Waals surface area contributed by atoms with Gasteiger partial charge in [-0.25, -0.2) is 18.0 Å². The number of carbonyl (C=O) groups excluding carboxylic acids is 1. The predicted octanol–water partition coefficient (Wildman–Crippen LogP) is 3.27. The number of benzene rings is 2. The minimum Gasteiger partial charge on any atom is -0.386 e. The van der Waals surface area contributed by atoms with E-state index in [1.165, 1.54) is 18.2 Å². The molecule has 0 aliphatic heterocycles. The number of hydrogen-bond donors (Lipinski definition) is 3. The van der Waals surface area contributed by atoms with E-state index in [-0.39, 0.29) is 5.69 Å². The first-order chi connectivity index (χ1) is 10.9. The second kappa shape index (κ2) is 7.15. The van der Waals surface area contributed by atoms with Crippen LogP contribution in [-0.2, 0) is 0 Å². The molecule has 23 heavy (non-hydrogen) atoms. The molecule has 2 rings (SSSR count). The number of aryl methyl sites for hydroxylation is 1. The minimum absolute atomic E-state index is 0.0333. The fourth-order valence-corrected chi connectivity index (χ4v) is 2.02. The third-order valence-electron chi connectivity index (χ3n) is 3.16. The molecule has 0 radical (unpaired) electrons. The first kappa shape index (κ1) is 16.8. The zero-order valence-corrected chi connectivity index (χ0v) is 12.2. The summed E-state index contributed by atoms with van der Waals surface area (Å²) in [4.78, 5) is 11.7. The number of rotatable bonds is 4. The average Bonchev–Trinajstić information content (AvgIpc) is 2.49. The van der Waals surface area contributed by atoms with Crippen molar-refractivity contribution < 1.29 is 23.1 Å². The van der Waals surface area contributed by atoms with Crippen LogP contribution in [0.4, 0.5) is 23.7 Å². The predicted molar refractivity (Wildman–Crippen MR) is 79.5 cm³/mol. The first-order valence-corrected chi connectivity index (χ1v) is 6.81. The third-order valence-corrected chi connectivity index (χ3v) is 3.16. The van der Waals surface area contributed by atoms with Crippen molar-refractivity contribution in [1.29, 1.82) is 0 Å². The molecule has 2 aromatic rings. The Hall–Kier alpha value is -2.54. The number of anilines is 1. The van der Waals surface area contributed by atoms with E-state index in [4.69, 9.17) is 0 Å². The fourth-order valence-electron chi connectivity index (χ4n) is 2.02. The lowest BCUT2D eigenvalue weighted by molar-refractivity contribution is 0.166. The highest BCUT2D eigenvalue weighted by Crippen LogP contribution is 2.20. The highest BCUT2D eigenvalue weighted by molar-refractivity contribution is 5.89. The molecule has 122 valence electrons. The van der Waals surface area contributed by atoms with Crippen molar-refractivity contribution in [3.63, 3.8) is 0 Å². The van der Waals surface area contributed by atoms with Gasteiger partial charge in [-0.05, 0) is 36.8 Å². The van der Waals surface area contributed by atoms with Gasteiger partial charge in [-0.15, -0.1) is 0 Å². The largest absolute Gasteiger partial charge is 0.386 e. The molecule has 1 atom stereocenters. The molecule has 2 amide bonds. The molecule has 0 heterocycles. The van der Waals surface area contributed by atoms with Crippen molar-refractivity contribution in [3.8, 4) is 0 Å². The Morgan fingerprint density at radius 1 is 1.13 bits per heavy atom. The number of halogens is 3. The Labute approximate surface area is 131 Å². The van der Waals surface area contributed by atoms with Crippen LogP contribution in [0.15, 0.2) is 36.4 Å². The zero-order valence-electron chi connectivity index (χ0n) is 12.2. The number of hydrogen-bond acceptors (Lipinski definition) is 2. The minimum atomic E-state index is -1.57. The van der Waals surface area contributed by atoms with Gasteiger partial charge >= 0.3 is 6.03 Å². The van der Waals surface area contributed by atoms with Crippen LogP contribution >= 0.6 is 0 Å². The van der Waals surface area contributed by atoms with Crippen molar-refractivity contribution in [2.24, 2.45) is 0 Å². The standard InChI is InChI=1S/C16H15F3N2O2/c1-9-5-6-10(17)13(7-9)21-16(23)20-8-14(22)15-11(18)3-2-4-12(15)19/h2-7,14,22H,8H2,1H3,(H2,20,21,23). The molecule has 0 aliphatic rings. The van der Waals surface area contributed by atoms with Crippen molar-refractivity contribution in [3.05, 3.63) is 65.0 Å². The highest BCUT2D eigenvalue weighted by atomic mass is 19.1. The van der Waals surface area contributed by atoms with E-state index in [1.54, 1.807) is 13.0 Å². The van der Waals surface area contributed by atoms with E-state index in [1.807, 2.05) is 0 Å². The summed E-state index contributed by atoms with van der Waals surface area (Å²) in [6.07, 6.45) is -1.57. The molecule has 0 fully saturated rings. The van der Waals surface area contributed by atoms with Crippen LogP contribution in [0.25, 0.3) is 0 Å². The van der Waals surface area contributed by atoms with Crippen LogP contribution in [-0.4, -0.2) is 17.7 Å². The monoisotopic (exact) mass is 324 g/mol. The molecule has 2 aromatic carbocycles. The number of carbonyl (C=O) groups is 1. The smallest absolute Gasteiger partial charge is 0.319 e. The molecule has 0 saturated heterocycles. The zero-order chi connectivity index (χ0) is 17.0. The van der Waals surface area contributed by atoms with Gasteiger partial charge in [0.1, 0.15) is 23.6 Å². The van der Waals surface area contributed by atoms with Crippen LogP contribution in [0.2, 0.25) is 0 Å². The number of nitrogens with one attached hydrogen (secondary N) is 2. The number of amides is 2. The Kier molecular flexibility index (Phi) is 5.23. The lowest BCUT2D eigenvalue weighted by Gasteiger charge is -2.14. The van der Waals surface area contributed by atoms with Crippen molar-refractivity contribution >= 4 is 11.7 Å². The molecule has 0 aromatic heterocycles. The summed E-state index contributed by atoms with van der Waals surface area (Å²) in [7, 11) is 0. The Morgan fingerprint density at radius 2 is 1.78 bits per heavy atom. The first-order valence-electron chi connectivity index (χ1n) is 6.81. The summed E-state index contributed by atoms with van der Waals surface area (Å²) in [5, 5.41) is 14.3. The van der Waals surface area contributed by atoms with Crippen molar-refractivity contribution in [1.82, 2.24) is 5.32 Å². The van der Waals surface area contributed by atoms with E-state index >= 15 is 0 Å². The molecular weight excluding hydrogens is 309 g/mol.